The molecule has 6 nitrogen and oxygen atoms in total. The van der Waals surface area contributed by atoms with E-state index >= 15 is 0 Å². The second-order valence-electron chi connectivity index (χ2n) is 8.64. The summed E-state index contributed by atoms with van der Waals surface area (Å²) in [5.74, 6) is 0.199. The zero-order valence-electron chi connectivity index (χ0n) is 16.7. The Morgan fingerprint density at radius 1 is 1.04 bits per heavy atom. The molecule has 0 radical (unpaired) electrons. The summed E-state index contributed by atoms with van der Waals surface area (Å²) in [6.07, 6.45) is 5.51. The first-order valence-electron chi connectivity index (χ1n) is 10.5. The van der Waals surface area contributed by atoms with Crippen LogP contribution in [0, 0.1) is 5.41 Å². The molecule has 4 rings (SSSR count). The van der Waals surface area contributed by atoms with Crippen molar-refractivity contribution >= 4 is 23.3 Å². The fourth-order valence-electron chi connectivity index (χ4n) is 5.01. The number of hydrogen-bond acceptors (Lipinski definition) is 4. The van der Waals surface area contributed by atoms with E-state index in [2.05, 4.69) is 4.90 Å². The third-order valence-corrected chi connectivity index (χ3v) is 6.79. The largest absolute Gasteiger partial charge is 0.360 e. The molecule has 0 aromatic heterocycles. The summed E-state index contributed by atoms with van der Waals surface area (Å²) >= 11 is 0. The molecule has 1 aliphatic carbocycles. The van der Waals surface area contributed by atoms with Gasteiger partial charge in [0, 0.05) is 17.7 Å². The van der Waals surface area contributed by atoms with E-state index in [1.807, 2.05) is 24.3 Å². The number of quaternary nitrogens is 1. The number of carbonyl (C=O) groups excluding carboxylic acids is 3. The van der Waals surface area contributed by atoms with E-state index in [1.165, 1.54) is 11.3 Å². The number of likely N-dealkylation sites (tertiary alicyclic amines) is 1. The first-order valence-corrected chi connectivity index (χ1v) is 10.5. The van der Waals surface area contributed by atoms with Gasteiger partial charge in [0.2, 0.25) is 11.8 Å². The number of hydrogen-bond donors (Lipinski definition) is 1. The Hall–Kier alpha value is -2.21. The number of ketones is 1. The van der Waals surface area contributed by atoms with Gasteiger partial charge in [-0.1, -0.05) is 19.3 Å². The van der Waals surface area contributed by atoms with Crippen molar-refractivity contribution in [3.05, 3.63) is 29.8 Å². The van der Waals surface area contributed by atoms with Gasteiger partial charge < -0.3 is 9.80 Å². The van der Waals surface area contributed by atoms with Gasteiger partial charge in [0.05, 0.1) is 31.6 Å². The third-order valence-electron chi connectivity index (χ3n) is 6.79. The lowest BCUT2D eigenvalue weighted by Gasteiger charge is -2.35. The monoisotopic (exact) mass is 384 g/mol. The molecule has 2 amide bonds. The maximum Gasteiger partial charge on any atom is 0.240 e. The maximum absolute atomic E-state index is 13.0. The Morgan fingerprint density at radius 3 is 2.29 bits per heavy atom. The van der Waals surface area contributed by atoms with Gasteiger partial charge in [-0.3, -0.25) is 14.4 Å². The number of amides is 2. The van der Waals surface area contributed by atoms with Crippen LogP contribution in [0.25, 0.3) is 0 Å². The Labute approximate surface area is 166 Å². The Bertz CT molecular complexity index is 760. The highest BCUT2D eigenvalue weighted by Gasteiger charge is 2.52. The molecular weight excluding hydrogens is 354 g/mol. The molecule has 1 aromatic rings. The number of imide groups is 1. The van der Waals surface area contributed by atoms with Gasteiger partial charge in [0.15, 0.2) is 12.5 Å². The van der Waals surface area contributed by atoms with E-state index in [0.29, 0.717) is 13.1 Å². The first kappa shape index (κ1) is 19.1. The lowest BCUT2D eigenvalue weighted by molar-refractivity contribution is -0.908. The van der Waals surface area contributed by atoms with Gasteiger partial charge in [-0.2, -0.15) is 0 Å². The van der Waals surface area contributed by atoms with Crippen LogP contribution in [0.4, 0.5) is 5.69 Å². The average molecular weight is 385 g/mol. The summed E-state index contributed by atoms with van der Waals surface area (Å²) in [6.45, 7) is 5.66. The smallest absolute Gasteiger partial charge is 0.240 e. The normalized spacial score (nSPS) is 22.9. The van der Waals surface area contributed by atoms with E-state index in [4.69, 9.17) is 0 Å². The van der Waals surface area contributed by atoms with Crippen molar-refractivity contribution in [2.24, 2.45) is 5.41 Å². The zero-order valence-corrected chi connectivity index (χ0v) is 16.7. The summed E-state index contributed by atoms with van der Waals surface area (Å²) in [5.41, 5.74) is 1.48. The molecule has 1 spiro atoms. The predicted molar refractivity (Wildman–Crippen MR) is 106 cm³/mol. The van der Waals surface area contributed by atoms with Gasteiger partial charge in [0.25, 0.3) is 0 Å². The summed E-state index contributed by atoms with van der Waals surface area (Å²) in [5, 5.41) is 0. The minimum absolute atomic E-state index is 0.0293. The molecule has 3 fully saturated rings. The molecule has 1 aromatic carbocycles. The Kier molecular flexibility index (Phi) is 5.23. The molecule has 150 valence electrons. The number of benzene rings is 1. The van der Waals surface area contributed by atoms with Gasteiger partial charge in [-0.05, 0) is 44.0 Å². The van der Waals surface area contributed by atoms with E-state index in [9.17, 15) is 14.4 Å². The minimum atomic E-state index is -0.380. The lowest BCUT2D eigenvalue weighted by atomic mass is 9.73. The highest BCUT2D eigenvalue weighted by Crippen LogP contribution is 2.44. The Morgan fingerprint density at radius 2 is 1.68 bits per heavy atom. The van der Waals surface area contributed by atoms with Crippen molar-refractivity contribution in [2.75, 3.05) is 37.7 Å². The molecule has 0 atom stereocenters. The van der Waals surface area contributed by atoms with E-state index in [1.54, 1.807) is 11.8 Å². The fraction of sp³-hybridized carbons (Fsp3) is 0.591. The van der Waals surface area contributed by atoms with E-state index in [0.717, 1.165) is 63.1 Å². The van der Waals surface area contributed by atoms with E-state index in [-0.39, 0.29) is 23.0 Å². The molecule has 0 unspecified atom stereocenters. The Balaban J connectivity index is 1.33. The topological polar surface area (TPSA) is 62.1 Å². The number of nitrogens with one attached hydrogen (secondary N) is 1. The molecule has 28 heavy (non-hydrogen) atoms. The predicted octanol–water partition coefficient (Wildman–Crippen LogP) is 1.26. The zero-order chi connectivity index (χ0) is 19.7. The number of anilines is 1. The molecule has 1 N–H and O–H groups in total. The number of piperazine rings is 1. The van der Waals surface area contributed by atoms with Gasteiger partial charge in [0.1, 0.15) is 0 Å². The number of nitrogens with zero attached hydrogens (tertiary/aromatic N) is 2. The van der Waals surface area contributed by atoms with Crippen molar-refractivity contribution in [1.82, 2.24) is 4.90 Å². The van der Waals surface area contributed by atoms with Gasteiger partial charge in [-0.25, -0.2) is 4.90 Å². The van der Waals surface area contributed by atoms with Gasteiger partial charge >= 0.3 is 0 Å². The van der Waals surface area contributed by atoms with Crippen molar-refractivity contribution in [2.45, 2.75) is 45.4 Å². The van der Waals surface area contributed by atoms with Crippen LogP contribution in [0.5, 0.6) is 0 Å². The molecule has 6 heteroatoms. The molecule has 0 bridgehead atoms. The van der Waals surface area contributed by atoms with Crippen LogP contribution in [-0.2, 0) is 9.59 Å². The van der Waals surface area contributed by atoms with E-state index < -0.39 is 0 Å². The van der Waals surface area contributed by atoms with Crippen molar-refractivity contribution in [1.29, 1.82) is 0 Å². The second kappa shape index (κ2) is 7.66. The second-order valence-corrected chi connectivity index (χ2v) is 8.64. The molecular formula is C22H30N3O3+. The van der Waals surface area contributed by atoms with Crippen LogP contribution >= 0.6 is 0 Å². The summed E-state index contributed by atoms with van der Waals surface area (Å²) in [4.78, 5) is 42.1. The summed E-state index contributed by atoms with van der Waals surface area (Å²) in [6, 6.07) is 7.76. The molecule has 1 saturated carbocycles. The van der Waals surface area contributed by atoms with Crippen LogP contribution in [0.2, 0.25) is 0 Å². The number of rotatable bonds is 4. The highest BCUT2D eigenvalue weighted by atomic mass is 16.2. The summed E-state index contributed by atoms with van der Waals surface area (Å²) < 4.78 is 0. The quantitative estimate of drug-likeness (QED) is 0.627. The van der Waals surface area contributed by atoms with Crippen LogP contribution in [-0.4, -0.2) is 55.3 Å². The van der Waals surface area contributed by atoms with Crippen LogP contribution in [0.15, 0.2) is 24.3 Å². The standard InChI is InChI=1S/C22H29N3O3/c1-17(26)18-5-7-19(8-6-18)24-13-11-23(12-14-24)16-25-20(27)15-22(21(25)28)9-3-2-4-10-22/h5-8H,2-4,9-16H2,1H3/p+1. The maximum atomic E-state index is 13.0. The fourth-order valence-corrected chi connectivity index (χ4v) is 5.01. The first-order chi connectivity index (χ1) is 13.5. The third kappa shape index (κ3) is 3.58. The highest BCUT2D eigenvalue weighted by molar-refractivity contribution is 6.05. The van der Waals surface area contributed by atoms with Crippen molar-refractivity contribution < 1.29 is 19.3 Å². The van der Waals surface area contributed by atoms with Crippen LogP contribution < -0.4 is 9.80 Å². The molecule has 2 saturated heterocycles. The molecule has 2 aliphatic heterocycles. The van der Waals surface area contributed by atoms with Crippen molar-refractivity contribution in [3.63, 3.8) is 0 Å². The lowest BCUT2D eigenvalue weighted by Crippen LogP contribution is -3.16. The minimum Gasteiger partial charge on any atom is -0.360 e. The number of Topliss-reactive ketones (excluding diaryl/α,β-unsaturated/α-hetero) is 1. The number of carbonyl (C=O) groups is 3. The molecule has 3 aliphatic rings. The molecule has 2 heterocycles. The van der Waals surface area contributed by atoms with Crippen molar-refractivity contribution in [3.8, 4) is 0 Å². The van der Waals surface area contributed by atoms with Gasteiger partial charge in [-0.15, -0.1) is 0 Å². The SMILES string of the molecule is CC(=O)c1ccc(N2CC[NH+](CN3C(=O)CC4(CCCCC4)C3=O)CC2)cc1. The summed E-state index contributed by atoms with van der Waals surface area (Å²) in [7, 11) is 0. The average Bonchev–Trinajstić information content (AvgIpc) is 2.93. The van der Waals surface area contributed by atoms with Crippen LogP contribution in [0.1, 0.15) is 55.8 Å². The van der Waals surface area contributed by atoms with Crippen LogP contribution in [0.3, 0.4) is 0 Å².